The molecule has 92 valence electrons. The van der Waals surface area contributed by atoms with Gasteiger partial charge in [0.1, 0.15) is 0 Å². The van der Waals surface area contributed by atoms with Crippen molar-refractivity contribution in [2.45, 2.75) is 0 Å². The fraction of sp³-hybridized carbons (Fsp3) is 0.133. The molecule has 0 aliphatic carbocycles. The highest BCUT2D eigenvalue weighted by Gasteiger charge is 2.08. The quantitative estimate of drug-likeness (QED) is 0.820. The van der Waals surface area contributed by atoms with E-state index < -0.39 is 0 Å². The molecule has 2 N–H and O–H groups in total. The van der Waals surface area contributed by atoms with Crippen molar-refractivity contribution < 1.29 is 4.79 Å². The third-order valence-corrected chi connectivity index (χ3v) is 2.74. The predicted molar refractivity (Wildman–Crippen MR) is 74.3 cm³/mol. The first-order valence-corrected chi connectivity index (χ1v) is 5.75. The summed E-state index contributed by atoms with van der Waals surface area (Å²) in [6.07, 6.45) is 0. The van der Waals surface area contributed by atoms with Gasteiger partial charge in [-0.2, -0.15) is 0 Å². The van der Waals surface area contributed by atoms with Crippen LogP contribution in [-0.4, -0.2) is 24.9 Å². The maximum atomic E-state index is 11.9. The van der Waals surface area contributed by atoms with Gasteiger partial charge in [0.05, 0.1) is 0 Å². The predicted octanol–water partition coefficient (Wildman–Crippen LogP) is 2.64. The second kappa shape index (κ2) is 4.92. The van der Waals surface area contributed by atoms with Crippen molar-refractivity contribution in [1.82, 2.24) is 4.90 Å². The summed E-state index contributed by atoms with van der Waals surface area (Å²) in [6, 6.07) is 15.2. The molecule has 0 aromatic heterocycles. The molecule has 1 amide bonds. The van der Waals surface area contributed by atoms with Crippen LogP contribution in [0, 0.1) is 0 Å². The molecule has 0 spiro atoms. The molecule has 0 radical (unpaired) electrons. The van der Waals surface area contributed by atoms with Gasteiger partial charge in [-0.05, 0) is 35.4 Å². The normalized spacial score (nSPS) is 10.1. The van der Waals surface area contributed by atoms with Gasteiger partial charge in [-0.3, -0.25) is 4.79 Å². The Bertz CT molecular complexity index is 576. The number of benzene rings is 2. The summed E-state index contributed by atoms with van der Waals surface area (Å²) in [7, 11) is 3.49. The van der Waals surface area contributed by atoms with E-state index in [0.29, 0.717) is 5.56 Å². The van der Waals surface area contributed by atoms with Crippen molar-refractivity contribution in [3.05, 3.63) is 54.1 Å². The minimum atomic E-state index is 0.000697. The highest BCUT2D eigenvalue weighted by atomic mass is 16.2. The zero-order chi connectivity index (χ0) is 13.1. The summed E-state index contributed by atoms with van der Waals surface area (Å²) in [5, 5.41) is 0. The largest absolute Gasteiger partial charge is 0.399 e. The van der Waals surface area contributed by atoms with Crippen LogP contribution in [0.25, 0.3) is 11.1 Å². The van der Waals surface area contributed by atoms with E-state index in [1.807, 2.05) is 48.5 Å². The number of carbonyl (C=O) groups excluding carboxylic acids is 1. The Kier molecular flexibility index (Phi) is 3.33. The molecule has 0 saturated heterocycles. The Labute approximate surface area is 107 Å². The van der Waals surface area contributed by atoms with Crippen molar-refractivity contribution in [3.63, 3.8) is 0 Å². The van der Waals surface area contributed by atoms with E-state index >= 15 is 0 Å². The van der Waals surface area contributed by atoms with E-state index in [2.05, 4.69) is 0 Å². The number of nitrogens with two attached hydrogens (primary N) is 1. The molecule has 0 heterocycles. The number of hydrogen-bond donors (Lipinski definition) is 1. The zero-order valence-electron chi connectivity index (χ0n) is 10.6. The fourth-order valence-electron chi connectivity index (χ4n) is 1.81. The average Bonchev–Trinajstić information content (AvgIpc) is 2.38. The summed E-state index contributed by atoms with van der Waals surface area (Å²) in [5.41, 5.74) is 9.18. The van der Waals surface area contributed by atoms with Gasteiger partial charge in [-0.25, -0.2) is 0 Å². The number of rotatable bonds is 2. The lowest BCUT2D eigenvalue weighted by atomic mass is 10.0. The van der Waals surface area contributed by atoms with E-state index in [4.69, 9.17) is 5.73 Å². The molecule has 0 unspecified atom stereocenters. The first-order valence-electron chi connectivity index (χ1n) is 5.75. The van der Waals surface area contributed by atoms with Crippen LogP contribution >= 0.6 is 0 Å². The zero-order valence-corrected chi connectivity index (χ0v) is 10.6. The number of anilines is 1. The Morgan fingerprint density at radius 3 is 2.22 bits per heavy atom. The molecular weight excluding hydrogens is 224 g/mol. The van der Waals surface area contributed by atoms with Gasteiger partial charge in [0.15, 0.2) is 0 Å². The number of hydrogen-bond acceptors (Lipinski definition) is 2. The van der Waals surface area contributed by atoms with E-state index in [-0.39, 0.29) is 5.91 Å². The lowest BCUT2D eigenvalue weighted by Gasteiger charge is -2.11. The minimum absolute atomic E-state index is 0.000697. The van der Waals surface area contributed by atoms with Crippen LogP contribution in [0.4, 0.5) is 5.69 Å². The van der Waals surface area contributed by atoms with Gasteiger partial charge in [-0.1, -0.05) is 24.3 Å². The smallest absolute Gasteiger partial charge is 0.253 e. The SMILES string of the molecule is CN(C)C(=O)c1cccc(-c2cccc(N)c2)c1. The lowest BCUT2D eigenvalue weighted by Crippen LogP contribution is -2.21. The molecule has 2 aromatic carbocycles. The molecule has 18 heavy (non-hydrogen) atoms. The van der Waals surface area contributed by atoms with Crippen LogP contribution in [0.5, 0.6) is 0 Å². The van der Waals surface area contributed by atoms with Crippen molar-refractivity contribution in [3.8, 4) is 11.1 Å². The Morgan fingerprint density at radius 1 is 1.00 bits per heavy atom. The third-order valence-electron chi connectivity index (χ3n) is 2.74. The second-order valence-corrected chi connectivity index (χ2v) is 4.41. The first-order chi connectivity index (χ1) is 8.58. The molecule has 0 fully saturated rings. The Morgan fingerprint density at radius 2 is 1.61 bits per heavy atom. The van der Waals surface area contributed by atoms with Crippen LogP contribution in [0.1, 0.15) is 10.4 Å². The summed E-state index contributed by atoms with van der Waals surface area (Å²) in [4.78, 5) is 13.5. The van der Waals surface area contributed by atoms with Crippen molar-refractivity contribution >= 4 is 11.6 Å². The van der Waals surface area contributed by atoms with Gasteiger partial charge in [0.2, 0.25) is 0 Å². The number of amides is 1. The summed E-state index contributed by atoms with van der Waals surface area (Å²) < 4.78 is 0. The summed E-state index contributed by atoms with van der Waals surface area (Å²) in [6.45, 7) is 0. The van der Waals surface area contributed by atoms with Crippen LogP contribution < -0.4 is 5.73 Å². The van der Waals surface area contributed by atoms with E-state index in [0.717, 1.165) is 16.8 Å². The van der Waals surface area contributed by atoms with Gasteiger partial charge >= 0.3 is 0 Å². The highest BCUT2D eigenvalue weighted by molar-refractivity contribution is 5.95. The van der Waals surface area contributed by atoms with E-state index in [1.165, 1.54) is 0 Å². The van der Waals surface area contributed by atoms with E-state index in [9.17, 15) is 4.79 Å². The van der Waals surface area contributed by atoms with Crippen LogP contribution in [-0.2, 0) is 0 Å². The maximum absolute atomic E-state index is 11.9. The molecule has 2 aromatic rings. The topological polar surface area (TPSA) is 46.3 Å². The van der Waals surface area contributed by atoms with Crippen LogP contribution in [0.15, 0.2) is 48.5 Å². The maximum Gasteiger partial charge on any atom is 0.253 e. The monoisotopic (exact) mass is 240 g/mol. The third kappa shape index (κ3) is 2.51. The molecule has 3 nitrogen and oxygen atoms in total. The number of carbonyl (C=O) groups is 1. The van der Waals surface area contributed by atoms with Gasteiger partial charge in [0.25, 0.3) is 5.91 Å². The average molecular weight is 240 g/mol. The first kappa shape index (κ1) is 12.2. The lowest BCUT2D eigenvalue weighted by molar-refractivity contribution is 0.0827. The Hall–Kier alpha value is -2.29. The second-order valence-electron chi connectivity index (χ2n) is 4.41. The molecule has 0 atom stereocenters. The Balaban J connectivity index is 2.42. The molecule has 0 saturated carbocycles. The molecule has 2 rings (SSSR count). The summed E-state index contributed by atoms with van der Waals surface area (Å²) >= 11 is 0. The van der Waals surface area contributed by atoms with Crippen molar-refractivity contribution in [2.24, 2.45) is 0 Å². The van der Waals surface area contributed by atoms with Crippen LogP contribution in [0.2, 0.25) is 0 Å². The van der Waals surface area contributed by atoms with Crippen molar-refractivity contribution in [1.29, 1.82) is 0 Å². The number of nitrogen functional groups attached to an aromatic ring is 1. The number of nitrogens with zero attached hydrogens (tertiary/aromatic N) is 1. The standard InChI is InChI=1S/C15H16N2O/c1-17(2)15(18)13-7-3-5-11(9-13)12-6-4-8-14(16)10-12/h3-10H,16H2,1-2H3. The van der Waals surface area contributed by atoms with Crippen LogP contribution in [0.3, 0.4) is 0 Å². The molecule has 0 aliphatic rings. The van der Waals surface area contributed by atoms with E-state index in [1.54, 1.807) is 19.0 Å². The van der Waals surface area contributed by atoms with Gasteiger partial charge < -0.3 is 10.6 Å². The molecule has 0 bridgehead atoms. The summed E-state index contributed by atoms with van der Waals surface area (Å²) in [5.74, 6) is 0.000697. The fourth-order valence-corrected chi connectivity index (χ4v) is 1.81. The molecule has 3 heteroatoms. The minimum Gasteiger partial charge on any atom is -0.399 e. The van der Waals surface area contributed by atoms with Gasteiger partial charge in [0, 0.05) is 25.3 Å². The van der Waals surface area contributed by atoms with Crippen molar-refractivity contribution in [2.75, 3.05) is 19.8 Å². The highest BCUT2D eigenvalue weighted by Crippen LogP contribution is 2.22. The van der Waals surface area contributed by atoms with Gasteiger partial charge in [-0.15, -0.1) is 0 Å². The molecular formula is C15H16N2O. The molecule has 0 aliphatic heterocycles.